The van der Waals surface area contributed by atoms with E-state index in [1.165, 1.54) is 0 Å². The third-order valence-electron chi connectivity index (χ3n) is 3.28. The Kier molecular flexibility index (Phi) is 4.58. The molecule has 3 N–H and O–H groups in total. The zero-order valence-electron chi connectivity index (χ0n) is 10.2. The predicted molar refractivity (Wildman–Crippen MR) is 72.4 cm³/mol. The average molecular weight is 268 g/mol. The molecule has 1 atom stereocenters. The van der Waals surface area contributed by atoms with Crippen LogP contribution >= 0.6 is 11.6 Å². The maximum atomic E-state index is 11.3. The van der Waals surface area contributed by atoms with Gasteiger partial charge in [-0.1, -0.05) is 29.8 Å². The number of carbonyl (C=O) groups is 1. The zero-order valence-corrected chi connectivity index (χ0v) is 11.0. The van der Waals surface area contributed by atoms with E-state index in [-0.39, 0.29) is 11.9 Å². The number of rotatable bonds is 3. The average Bonchev–Trinajstić information content (AvgIpc) is 2.58. The first kappa shape index (κ1) is 13.3. The molecule has 98 valence electrons. The first-order valence-electron chi connectivity index (χ1n) is 6.17. The van der Waals surface area contributed by atoms with Gasteiger partial charge in [-0.25, -0.2) is 0 Å². The van der Waals surface area contributed by atoms with Crippen molar-refractivity contribution in [3.05, 3.63) is 34.9 Å². The Labute approximate surface area is 112 Å². The molecule has 1 aliphatic heterocycles. The number of halogens is 1. The number of hydrogen-bond donors (Lipinski definition) is 2. The Morgan fingerprint density at radius 1 is 1.39 bits per heavy atom. The van der Waals surface area contributed by atoms with Crippen LogP contribution in [0.15, 0.2) is 24.3 Å². The molecule has 0 bridgehead atoms. The van der Waals surface area contributed by atoms with Gasteiger partial charge in [0.2, 0.25) is 5.91 Å². The molecule has 1 fully saturated rings. The maximum absolute atomic E-state index is 11.3. The molecule has 0 spiro atoms. The molecule has 4 nitrogen and oxygen atoms in total. The number of hydrogen-bond acceptors (Lipinski definition) is 3. The summed E-state index contributed by atoms with van der Waals surface area (Å²) in [4.78, 5) is 13.6. The maximum Gasteiger partial charge on any atom is 0.221 e. The quantitative estimate of drug-likeness (QED) is 0.864. The number of nitrogens with zero attached hydrogens (tertiary/aromatic N) is 1. The zero-order chi connectivity index (χ0) is 13.0. The molecule has 0 aliphatic carbocycles. The summed E-state index contributed by atoms with van der Waals surface area (Å²) in [5.41, 5.74) is 6.92. The lowest BCUT2D eigenvalue weighted by atomic mass is 10.0. The standard InChI is InChI=1S/C13H18ClN3O/c14-11-4-2-1-3-10(11)12(9-15)17-7-5-13(18)16-6-8-17/h1-4,12H,5-9,15H2,(H,16,18). The van der Waals surface area contributed by atoms with Crippen molar-refractivity contribution in [2.24, 2.45) is 5.73 Å². The van der Waals surface area contributed by atoms with E-state index >= 15 is 0 Å². The van der Waals surface area contributed by atoms with Crippen molar-refractivity contribution in [1.82, 2.24) is 10.2 Å². The van der Waals surface area contributed by atoms with Gasteiger partial charge in [0.1, 0.15) is 0 Å². The van der Waals surface area contributed by atoms with Crippen molar-refractivity contribution in [3.8, 4) is 0 Å². The normalized spacial score (nSPS) is 19.1. The summed E-state index contributed by atoms with van der Waals surface area (Å²) in [7, 11) is 0. The minimum atomic E-state index is 0.0754. The third kappa shape index (κ3) is 3.02. The highest BCUT2D eigenvalue weighted by Crippen LogP contribution is 2.27. The third-order valence-corrected chi connectivity index (χ3v) is 3.62. The monoisotopic (exact) mass is 267 g/mol. The van der Waals surface area contributed by atoms with Gasteiger partial charge >= 0.3 is 0 Å². The van der Waals surface area contributed by atoms with Crippen LogP contribution in [-0.2, 0) is 4.79 Å². The molecule has 1 aliphatic rings. The summed E-state index contributed by atoms with van der Waals surface area (Å²) < 4.78 is 0. The van der Waals surface area contributed by atoms with Crippen LogP contribution in [0.2, 0.25) is 5.02 Å². The van der Waals surface area contributed by atoms with Crippen molar-refractivity contribution in [2.75, 3.05) is 26.2 Å². The fourth-order valence-corrected chi connectivity index (χ4v) is 2.58. The SMILES string of the molecule is NCC(c1ccccc1Cl)N1CCNC(=O)CC1. The molecule has 0 radical (unpaired) electrons. The molecule has 1 aromatic rings. The molecule has 1 heterocycles. The highest BCUT2D eigenvalue weighted by atomic mass is 35.5. The molecule has 1 amide bonds. The second-order valence-corrected chi connectivity index (χ2v) is 4.82. The highest BCUT2D eigenvalue weighted by Gasteiger charge is 2.23. The van der Waals surface area contributed by atoms with Crippen LogP contribution in [0.5, 0.6) is 0 Å². The molecule has 0 aromatic heterocycles. The van der Waals surface area contributed by atoms with E-state index in [2.05, 4.69) is 10.2 Å². The van der Waals surface area contributed by atoms with E-state index < -0.39 is 0 Å². The van der Waals surface area contributed by atoms with Gasteiger partial charge in [0.05, 0.1) is 0 Å². The van der Waals surface area contributed by atoms with Crippen LogP contribution in [0, 0.1) is 0 Å². The van der Waals surface area contributed by atoms with E-state index in [1.807, 2.05) is 24.3 Å². The Hall–Kier alpha value is -1.10. The van der Waals surface area contributed by atoms with Crippen molar-refractivity contribution in [2.45, 2.75) is 12.5 Å². The molecule has 0 saturated carbocycles. The van der Waals surface area contributed by atoms with Gasteiger partial charge in [0.15, 0.2) is 0 Å². The Bertz CT molecular complexity index is 424. The van der Waals surface area contributed by atoms with Crippen LogP contribution in [0.1, 0.15) is 18.0 Å². The van der Waals surface area contributed by atoms with Crippen molar-refractivity contribution < 1.29 is 4.79 Å². The van der Waals surface area contributed by atoms with Gasteiger partial charge in [0, 0.05) is 43.7 Å². The lowest BCUT2D eigenvalue weighted by Gasteiger charge is -2.30. The van der Waals surface area contributed by atoms with Crippen molar-refractivity contribution in [1.29, 1.82) is 0 Å². The number of nitrogens with two attached hydrogens (primary N) is 1. The van der Waals surface area contributed by atoms with E-state index in [0.717, 1.165) is 23.7 Å². The van der Waals surface area contributed by atoms with Crippen LogP contribution < -0.4 is 11.1 Å². The molecular formula is C13H18ClN3O. The van der Waals surface area contributed by atoms with Crippen molar-refractivity contribution >= 4 is 17.5 Å². The Morgan fingerprint density at radius 3 is 2.89 bits per heavy atom. The number of benzene rings is 1. The lowest BCUT2D eigenvalue weighted by Crippen LogP contribution is -2.36. The smallest absolute Gasteiger partial charge is 0.221 e. The molecule has 1 saturated heterocycles. The van der Waals surface area contributed by atoms with Crippen LogP contribution in [0.3, 0.4) is 0 Å². The van der Waals surface area contributed by atoms with E-state index in [4.69, 9.17) is 17.3 Å². The van der Waals surface area contributed by atoms with Crippen LogP contribution in [-0.4, -0.2) is 37.0 Å². The molecule has 18 heavy (non-hydrogen) atoms. The van der Waals surface area contributed by atoms with Gasteiger partial charge < -0.3 is 11.1 Å². The molecule has 2 rings (SSSR count). The van der Waals surface area contributed by atoms with E-state index in [0.29, 0.717) is 19.5 Å². The Balaban J connectivity index is 2.18. The first-order valence-corrected chi connectivity index (χ1v) is 6.55. The van der Waals surface area contributed by atoms with Crippen LogP contribution in [0.4, 0.5) is 0 Å². The fraction of sp³-hybridized carbons (Fsp3) is 0.462. The summed E-state index contributed by atoms with van der Waals surface area (Å²) in [6.45, 7) is 2.69. The molecule has 5 heteroatoms. The number of nitrogens with one attached hydrogen (secondary N) is 1. The lowest BCUT2D eigenvalue weighted by molar-refractivity contribution is -0.120. The summed E-state index contributed by atoms with van der Waals surface area (Å²) in [5, 5.41) is 3.60. The predicted octanol–water partition coefficient (Wildman–Crippen LogP) is 1.16. The Morgan fingerprint density at radius 2 is 2.17 bits per heavy atom. The summed E-state index contributed by atoms with van der Waals surface area (Å²) in [5.74, 6) is 0.104. The van der Waals surface area contributed by atoms with E-state index in [1.54, 1.807) is 0 Å². The minimum Gasteiger partial charge on any atom is -0.355 e. The van der Waals surface area contributed by atoms with Gasteiger partial charge in [-0.15, -0.1) is 0 Å². The molecule has 1 aromatic carbocycles. The highest BCUT2D eigenvalue weighted by molar-refractivity contribution is 6.31. The molecule has 1 unspecified atom stereocenters. The minimum absolute atomic E-state index is 0.0754. The van der Waals surface area contributed by atoms with E-state index in [9.17, 15) is 4.79 Å². The summed E-state index contributed by atoms with van der Waals surface area (Å²) >= 11 is 6.22. The topological polar surface area (TPSA) is 58.4 Å². The van der Waals surface area contributed by atoms with Gasteiger partial charge in [-0.3, -0.25) is 9.69 Å². The summed E-state index contributed by atoms with van der Waals surface area (Å²) in [6, 6.07) is 7.82. The van der Waals surface area contributed by atoms with Gasteiger partial charge in [-0.05, 0) is 11.6 Å². The second kappa shape index (κ2) is 6.18. The second-order valence-electron chi connectivity index (χ2n) is 4.41. The van der Waals surface area contributed by atoms with Crippen molar-refractivity contribution in [3.63, 3.8) is 0 Å². The van der Waals surface area contributed by atoms with Gasteiger partial charge in [-0.2, -0.15) is 0 Å². The largest absolute Gasteiger partial charge is 0.355 e. The summed E-state index contributed by atoms with van der Waals surface area (Å²) in [6.07, 6.45) is 0.515. The number of carbonyl (C=O) groups excluding carboxylic acids is 1. The number of amides is 1. The van der Waals surface area contributed by atoms with Crippen LogP contribution in [0.25, 0.3) is 0 Å². The fourth-order valence-electron chi connectivity index (χ4n) is 2.31. The van der Waals surface area contributed by atoms with Gasteiger partial charge in [0.25, 0.3) is 0 Å². The molecular weight excluding hydrogens is 250 g/mol. The first-order chi connectivity index (χ1) is 8.72.